The number of amides is 1. The zero-order valence-corrected chi connectivity index (χ0v) is 13.9. The van der Waals surface area contributed by atoms with Gasteiger partial charge in [0.1, 0.15) is 5.69 Å². The largest absolute Gasteiger partial charge is 0.496 e. The summed E-state index contributed by atoms with van der Waals surface area (Å²) in [6.07, 6.45) is 0. The molecule has 1 aromatic heterocycles. The first-order valence-corrected chi connectivity index (χ1v) is 7.10. The van der Waals surface area contributed by atoms with Crippen LogP contribution in [-0.4, -0.2) is 48.2 Å². The van der Waals surface area contributed by atoms with Gasteiger partial charge in [0, 0.05) is 25.3 Å². The molecule has 2 heterocycles. The van der Waals surface area contributed by atoms with Gasteiger partial charge in [0.2, 0.25) is 0 Å². The Labute approximate surface area is 126 Å². The lowest BCUT2D eigenvalue weighted by Gasteiger charge is -2.32. The van der Waals surface area contributed by atoms with Crippen LogP contribution >= 0.6 is 0 Å². The molecule has 1 aromatic rings. The Balaban J connectivity index is 2.30. The molecule has 0 spiro atoms. The number of hydrogen-bond acceptors (Lipinski definition) is 4. The molecule has 1 aliphatic rings. The monoisotopic (exact) mass is 290 g/mol. The van der Waals surface area contributed by atoms with Crippen LogP contribution in [0.2, 0.25) is 0 Å². The molecule has 5 nitrogen and oxygen atoms in total. The molecule has 21 heavy (non-hydrogen) atoms. The number of carbonyl (C=O) groups is 1. The van der Waals surface area contributed by atoms with Gasteiger partial charge in [-0.2, -0.15) is 0 Å². The normalized spacial score (nSPS) is 19.7. The van der Waals surface area contributed by atoms with E-state index in [1.807, 2.05) is 40.7 Å². The molecule has 1 amide bonds. The quantitative estimate of drug-likeness (QED) is 0.772. The van der Waals surface area contributed by atoms with Crippen LogP contribution in [0.4, 0.5) is 0 Å². The molecule has 1 aliphatic heterocycles. The highest BCUT2D eigenvalue weighted by Crippen LogP contribution is 2.36. The topological polar surface area (TPSA) is 51.7 Å². The summed E-state index contributed by atoms with van der Waals surface area (Å²) in [5.41, 5.74) is 1.27. The van der Waals surface area contributed by atoms with Crippen molar-refractivity contribution in [1.29, 1.82) is 0 Å². The lowest BCUT2D eigenvalue weighted by molar-refractivity contribution is 0.00578. The summed E-state index contributed by atoms with van der Waals surface area (Å²) < 4.78 is 12.0. The van der Waals surface area contributed by atoms with Crippen LogP contribution < -0.4 is 5.46 Å². The molecule has 6 heteroatoms. The molecule has 0 atom stereocenters. The van der Waals surface area contributed by atoms with Crippen LogP contribution in [0.1, 0.15) is 43.9 Å². The van der Waals surface area contributed by atoms with Crippen molar-refractivity contribution in [2.45, 2.75) is 45.8 Å². The lowest BCUT2D eigenvalue weighted by atomic mass is 9.78. The number of rotatable bonds is 2. The first-order chi connectivity index (χ1) is 9.55. The van der Waals surface area contributed by atoms with E-state index >= 15 is 0 Å². The van der Waals surface area contributed by atoms with Gasteiger partial charge in [0.25, 0.3) is 5.91 Å². The number of aryl methyl sites for hydroxylation is 1. The first kappa shape index (κ1) is 16.0. The average Bonchev–Trinajstić information content (AvgIpc) is 2.56. The van der Waals surface area contributed by atoms with Crippen molar-refractivity contribution in [3.8, 4) is 0 Å². The van der Waals surface area contributed by atoms with Gasteiger partial charge >= 0.3 is 7.12 Å². The van der Waals surface area contributed by atoms with Gasteiger partial charge in [-0.05, 0) is 40.7 Å². The standard InChI is InChI=1S/C15H23BN2O3/c1-10-11(8-9-12(17-10)13(19)18(6)7)16-20-14(2,3)15(4,5)21-16/h8-9H,1-7H3. The summed E-state index contributed by atoms with van der Waals surface area (Å²) in [5, 5.41) is 0. The smallest absolute Gasteiger partial charge is 0.399 e. The second-order valence-electron chi connectivity index (χ2n) is 6.66. The number of carbonyl (C=O) groups excluding carboxylic acids is 1. The van der Waals surface area contributed by atoms with E-state index in [0.717, 1.165) is 11.2 Å². The number of pyridine rings is 1. The molecular weight excluding hydrogens is 267 g/mol. The van der Waals surface area contributed by atoms with Gasteiger partial charge in [-0.3, -0.25) is 4.79 Å². The molecule has 0 bridgehead atoms. The predicted molar refractivity (Wildman–Crippen MR) is 82.7 cm³/mol. The van der Waals surface area contributed by atoms with Crippen LogP contribution in [0.15, 0.2) is 12.1 Å². The molecule has 0 radical (unpaired) electrons. The van der Waals surface area contributed by atoms with Crippen LogP contribution in [0.25, 0.3) is 0 Å². The van der Waals surface area contributed by atoms with Crippen molar-refractivity contribution >= 4 is 18.5 Å². The van der Waals surface area contributed by atoms with Crippen molar-refractivity contribution in [2.75, 3.05) is 14.1 Å². The summed E-state index contributed by atoms with van der Waals surface area (Å²) in [4.78, 5) is 17.8. The summed E-state index contributed by atoms with van der Waals surface area (Å²) in [5.74, 6) is -0.112. The minimum absolute atomic E-state index is 0.112. The Morgan fingerprint density at radius 1 is 1.14 bits per heavy atom. The Hall–Kier alpha value is -1.40. The van der Waals surface area contributed by atoms with Crippen molar-refractivity contribution in [3.05, 3.63) is 23.5 Å². The average molecular weight is 290 g/mol. The molecule has 0 aromatic carbocycles. The van der Waals surface area contributed by atoms with Crippen molar-refractivity contribution in [2.24, 2.45) is 0 Å². The van der Waals surface area contributed by atoms with Gasteiger partial charge in [-0.1, -0.05) is 6.07 Å². The van der Waals surface area contributed by atoms with Gasteiger partial charge in [-0.25, -0.2) is 4.98 Å². The molecule has 0 unspecified atom stereocenters. The maximum Gasteiger partial charge on any atom is 0.496 e. The Kier molecular flexibility index (Phi) is 3.89. The fourth-order valence-electron chi connectivity index (χ4n) is 2.14. The minimum atomic E-state index is -0.453. The third-order valence-electron chi connectivity index (χ3n) is 4.26. The Morgan fingerprint density at radius 2 is 1.67 bits per heavy atom. The molecule has 1 saturated heterocycles. The number of hydrogen-bond donors (Lipinski definition) is 0. The molecule has 0 saturated carbocycles. The van der Waals surface area contributed by atoms with Crippen LogP contribution in [0.5, 0.6) is 0 Å². The second kappa shape index (κ2) is 5.11. The first-order valence-electron chi connectivity index (χ1n) is 7.10. The van der Waals surface area contributed by atoms with E-state index in [9.17, 15) is 4.79 Å². The van der Waals surface area contributed by atoms with E-state index < -0.39 is 7.12 Å². The molecule has 2 rings (SSSR count). The SMILES string of the molecule is Cc1nc(C(=O)N(C)C)ccc1B1OC(C)(C)C(C)(C)O1. The molecular formula is C15H23BN2O3. The van der Waals surface area contributed by atoms with E-state index in [0.29, 0.717) is 5.69 Å². The third kappa shape index (κ3) is 2.83. The fourth-order valence-corrected chi connectivity index (χ4v) is 2.14. The van der Waals surface area contributed by atoms with Crippen molar-refractivity contribution in [1.82, 2.24) is 9.88 Å². The highest BCUT2D eigenvalue weighted by molar-refractivity contribution is 6.62. The van der Waals surface area contributed by atoms with E-state index in [1.165, 1.54) is 4.90 Å². The van der Waals surface area contributed by atoms with Gasteiger partial charge in [0.15, 0.2) is 0 Å². The summed E-state index contributed by atoms with van der Waals surface area (Å²) >= 11 is 0. The Morgan fingerprint density at radius 3 is 2.10 bits per heavy atom. The highest BCUT2D eigenvalue weighted by atomic mass is 16.7. The van der Waals surface area contributed by atoms with E-state index in [1.54, 1.807) is 20.2 Å². The minimum Gasteiger partial charge on any atom is -0.399 e. The maximum atomic E-state index is 11.9. The van der Waals surface area contributed by atoms with Crippen molar-refractivity contribution < 1.29 is 14.1 Å². The zero-order chi connectivity index (χ0) is 16.0. The lowest BCUT2D eigenvalue weighted by Crippen LogP contribution is -2.41. The molecule has 114 valence electrons. The summed E-state index contributed by atoms with van der Waals surface area (Å²) in [6.45, 7) is 9.92. The molecule has 1 fully saturated rings. The molecule has 0 aliphatic carbocycles. The van der Waals surface area contributed by atoms with Gasteiger partial charge < -0.3 is 14.2 Å². The predicted octanol–water partition coefficient (Wildman–Crippen LogP) is 1.39. The fraction of sp³-hybridized carbons (Fsp3) is 0.600. The van der Waals surface area contributed by atoms with Crippen molar-refractivity contribution in [3.63, 3.8) is 0 Å². The van der Waals surface area contributed by atoms with Crippen LogP contribution in [-0.2, 0) is 9.31 Å². The maximum absolute atomic E-state index is 11.9. The third-order valence-corrected chi connectivity index (χ3v) is 4.26. The zero-order valence-electron chi connectivity index (χ0n) is 13.9. The Bertz CT molecular complexity index is 554. The van der Waals surface area contributed by atoms with Gasteiger partial charge in [0.05, 0.1) is 11.2 Å². The highest BCUT2D eigenvalue weighted by Gasteiger charge is 2.52. The van der Waals surface area contributed by atoms with E-state index in [-0.39, 0.29) is 17.1 Å². The van der Waals surface area contributed by atoms with Crippen LogP contribution in [0.3, 0.4) is 0 Å². The van der Waals surface area contributed by atoms with E-state index in [2.05, 4.69) is 4.98 Å². The van der Waals surface area contributed by atoms with E-state index in [4.69, 9.17) is 9.31 Å². The van der Waals surface area contributed by atoms with Gasteiger partial charge in [-0.15, -0.1) is 0 Å². The second-order valence-corrected chi connectivity index (χ2v) is 6.66. The van der Waals surface area contributed by atoms with Crippen LogP contribution in [0, 0.1) is 6.92 Å². The number of aromatic nitrogens is 1. The summed E-state index contributed by atoms with van der Waals surface area (Å²) in [6, 6.07) is 3.58. The summed E-state index contributed by atoms with van der Waals surface area (Å²) in [7, 11) is 2.97. The molecule has 0 N–H and O–H groups in total. The number of nitrogens with zero attached hydrogens (tertiary/aromatic N) is 2.